The molecule has 0 bridgehead atoms. The Morgan fingerprint density at radius 1 is 1.21 bits per heavy atom. The van der Waals surface area contributed by atoms with E-state index in [0.717, 1.165) is 11.3 Å². The van der Waals surface area contributed by atoms with Gasteiger partial charge in [-0.3, -0.25) is 24.0 Å². The van der Waals surface area contributed by atoms with Crippen LogP contribution in [0.15, 0.2) is 30.3 Å². The average molecular weight is 498 g/mol. The van der Waals surface area contributed by atoms with Gasteiger partial charge in [0.15, 0.2) is 5.78 Å². The molecule has 2 aliphatic rings. The highest BCUT2D eigenvalue weighted by Gasteiger charge is 2.58. The van der Waals surface area contributed by atoms with Gasteiger partial charge in [0.25, 0.3) is 17.7 Å². The number of thiophene rings is 1. The Balaban J connectivity index is 1.58. The third kappa shape index (κ3) is 4.23. The molecular weight excluding hydrogens is 478 g/mol. The molecule has 1 aromatic heterocycles. The molecule has 0 radical (unpaired) electrons. The number of thioether (sulfide) groups is 1. The number of anilines is 2. The lowest BCUT2D eigenvalue weighted by Gasteiger charge is -2.29. The Kier molecular flexibility index (Phi) is 6.56. The highest BCUT2D eigenvalue weighted by atomic mass is 32.2. The number of hydrogen-bond donors (Lipinski definition) is 2. The molecular formula is C23H19N3O6S2. The number of ketones is 1. The zero-order valence-electron chi connectivity index (χ0n) is 18.0. The zero-order valence-corrected chi connectivity index (χ0v) is 19.6. The molecule has 1 unspecified atom stereocenters. The van der Waals surface area contributed by atoms with Crippen molar-refractivity contribution in [2.75, 3.05) is 35.7 Å². The summed E-state index contributed by atoms with van der Waals surface area (Å²) in [4.78, 5) is 65.9. The summed E-state index contributed by atoms with van der Waals surface area (Å²) < 4.78 is 5.15. The zero-order chi connectivity index (χ0) is 24.5. The first kappa shape index (κ1) is 23.7. The van der Waals surface area contributed by atoms with Gasteiger partial charge in [-0.05, 0) is 42.8 Å². The van der Waals surface area contributed by atoms with E-state index in [2.05, 4.69) is 16.6 Å². The number of carbonyl (C=O) groups excluding carboxylic acids is 5. The van der Waals surface area contributed by atoms with Crippen LogP contribution in [0, 0.1) is 19.3 Å². The van der Waals surface area contributed by atoms with Gasteiger partial charge in [0.2, 0.25) is 10.7 Å². The molecule has 0 saturated carbocycles. The molecule has 1 aromatic carbocycles. The summed E-state index contributed by atoms with van der Waals surface area (Å²) in [6, 6.07) is 7.88. The number of benzene rings is 1. The fraction of sp³-hybridized carbons (Fsp3) is 0.261. The van der Waals surface area contributed by atoms with E-state index in [4.69, 9.17) is 11.2 Å². The molecule has 34 heavy (non-hydrogen) atoms. The van der Waals surface area contributed by atoms with Crippen LogP contribution in [0.4, 0.5) is 11.4 Å². The maximum atomic E-state index is 13.2. The molecule has 3 amide bonds. The van der Waals surface area contributed by atoms with Gasteiger partial charge in [0.05, 0.1) is 22.1 Å². The van der Waals surface area contributed by atoms with Crippen LogP contribution >= 0.6 is 23.1 Å². The molecule has 9 nitrogen and oxygen atoms in total. The molecule has 0 spiro atoms. The number of carbonyl (C=O) groups is 5. The summed E-state index contributed by atoms with van der Waals surface area (Å²) in [6.45, 7) is 2.59. The summed E-state index contributed by atoms with van der Waals surface area (Å²) in [5.74, 6) is -0.416. The normalized spacial score (nSPS) is 20.2. The number of terminal acetylenes is 1. The van der Waals surface area contributed by atoms with Gasteiger partial charge in [-0.2, -0.15) is 0 Å². The SMILES string of the molecule is C#Cc1ccc(C(=O)NC2(C(=O)Nc3ccc(N4CCOCC4=O)c(C)c3)C(=O)CSC2=O)s1. The lowest BCUT2D eigenvalue weighted by molar-refractivity contribution is -0.137. The minimum atomic E-state index is -2.35. The monoisotopic (exact) mass is 497 g/mol. The first-order chi connectivity index (χ1) is 16.3. The number of ether oxygens (including phenoxy) is 1. The topological polar surface area (TPSA) is 122 Å². The molecule has 2 fully saturated rings. The van der Waals surface area contributed by atoms with Gasteiger partial charge >= 0.3 is 0 Å². The Hall–Kier alpha value is -3.46. The second-order valence-corrected chi connectivity index (χ2v) is 9.60. The van der Waals surface area contributed by atoms with Crippen LogP contribution < -0.4 is 15.5 Å². The molecule has 11 heteroatoms. The Morgan fingerprint density at radius 3 is 2.62 bits per heavy atom. The van der Waals surface area contributed by atoms with Crippen LogP contribution in [-0.4, -0.2) is 59.7 Å². The van der Waals surface area contributed by atoms with Crippen LogP contribution in [-0.2, 0) is 23.9 Å². The lowest BCUT2D eigenvalue weighted by Crippen LogP contribution is -2.64. The molecule has 2 aliphatic heterocycles. The van der Waals surface area contributed by atoms with Gasteiger partial charge in [-0.1, -0.05) is 17.7 Å². The Morgan fingerprint density at radius 2 is 2.00 bits per heavy atom. The van der Waals surface area contributed by atoms with Crippen molar-refractivity contribution in [3.63, 3.8) is 0 Å². The third-order valence-corrected chi connectivity index (χ3v) is 7.39. The number of rotatable bonds is 5. The minimum absolute atomic E-state index is 0.00485. The molecule has 1 atom stereocenters. The summed E-state index contributed by atoms with van der Waals surface area (Å²) in [5, 5.41) is 4.17. The molecule has 0 aliphatic carbocycles. The number of nitrogens with one attached hydrogen (secondary N) is 2. The van der Waals surface area contributed by atoms with E-state index < -0.39 is 28.3 Å². The number of aryl methyl sites for hydroxylation is 1. The van der Waals surface area contributed by atoms with E-state index in [9.17, 15) is 24.0 Å². The predicted molar refractivity (Wildman–Crippen MR) is 128 cm³/mol. The minimum Gasteiger partial charge on any atom is -0.370 e. The van der Waals surface area contributed by atoms with Gasteiger partial charge in [0.1, 0.15) is 6.61 Å². The Bertz CT molecular complexity index is 1250. The number of nitrogens with zero attached hydrogens (tertiary/aromatic N) is 1. The Labute approximate surface area is 203 Å². The highest BCUT2D eigenvalue weighted by molar-refractivity contribution is 8.15. The van der Waals surface area contributed by atoms with E-state index in [-0.39, 0.29) is 23.1 Å². The summed E-state index contributed by atoms with van der Waals surface area (Å²) in [5.41, 5.74) is -0.678. The first-order valence-corrected chi connectivity index (χ1v) is 12.0. The second kappa shape index (κ2) is 9.42. The largest absolute Gasteiger partial charge is 0.370 e. The van der Waals surface area contributed by atoms with Gasteiger partial charge < -0.3 is 20.3 Å². The van der Waals surface area contributed by atoms with Crippen molar-refractivity contribution in [3.8, 4) is 12.3 Å². The van der Waals surface area contributed by atoms with Crippen LogP contribution in [0.5, 0.6) is 0 Å². The first-order valence-electron chi connectivity index (χ1n) is 10.2. The molecule has 3 heterocycles. The maximum absolute atomic E-state index is 13.2. The average Bonchev–Trinajstić information content (AvgIpc) is 3.41. The van der Waals surface area contributed by atoms with Crippen LogP contribution in [0.2, 0.25) is 0 Å². The summed E-state index contributed by atoms with van der Waals surface area (Å²) in [7, 11) is 0. The molecule has 2 aromatic rings. The maximum Gasteiger partial charge on any atom is 0.266 e. The molecule has 4 rings (SSSR count). The van der Waals surface area contributed by atoms with Crippen molar-refractivity contribution < 1.29 is 28.7 Å². The number of morpholine rings is 1. The number of Topliss-reactive ketones (excluding diaryl/α,β-unsaturated/α-hetero) is 1. The molecule has 2 saturated heterocycles. The van der Waals surface area contributed by atoms with Crippen molar-refractivity contribution in [2.24, 2.45) is 0 Å². The van der Waals surface area contributed by atoms with Crippen molar-refractivity contribution >= 4 is 63.1 Å². The van der Waals surface area contributed by atoms with E-state index >= 15 is 0 Å². The second-order valence-electron chi connectivity index (χ2n) is 7.57. The van der Waals surface area contributed by atoms with Crippen molar-refractivity contribution in [1.29, 1.82) is 0 Å². The van der Waals surface area contributed by atoms with Crippen molar-refractivity contribution in [1.82, 2.24) is 5.32 Å². The highest BCUT2D eigenvalue weighted by Crippen LogP contribution is 2.31. The van der Waals surface area contributed by atoms with Gasteiger partial charge in [-0.25, -0.2) is 0 Å². The third-order valence-electron chi connectivity index (χ3n) is 5.40. The smallest absolute Gasteiger partial charge is 0.266 e. The van der Waals surface area contributed by atoms with E-state index in [1.807, 2.05) is 0 Å². The summed E-state index contributed by atoms with van der Waals surface area (Å²) in [6.07, 6.45) is 5.33. The lowest BCUT2D eigenvalue weighted by atomic mass is 9.94. The van der Waals surface area contributed by atoms with Gasteiger partial charge in [0, 0.05) is 17.9 Å². The van der Waals surface area contributed by atoms with E-state index in [1.165, 1.54) is 6.07 Å². The van der Waals surface area contributed by atoms with Crippen LogP contribution in [0.25, 0.3) is 0 Å². The standard InChI is InChI=1S/C23H19N3O6S2/c1-3-15-5-7-17(34-15)20(29)25-23(18(27)12-33-22(23)31)21(30)24-14-4-6-16(13(2)10-14)26-8-9-32-11-19(26)28/h1,4-7,10H,8-9,11-12H2,2H3,(H,24,30)(H,25,29). The summed E-state index contributed by atoms with van der Waals surface area (Å²) >= 11 is 1.68. The molecule has 174 valence electrons. The predicted octanol–water partition coefficient (Wildman–Crippen LogP) is 1.35. The van der Waals surface area contributed by atoms with Gasteiger partial charge in [-0.15, -0.1) is 17.8 Å². The quantitative estimate of drug-likeness (QED) is 0.472. The molecule has 2 N–H and O–H groups in total. The van der Waals surface area contributed by atoms with Crippen LogP contribution in [0.3, 0.4) is 0 Å². The van der Waals surface area contributed by atoms with Crippen molar-refractivity contribution in [2.45, 2.75) is 12.5 Å². The van der Waals surface area contributed by atoms with Crippen molar-refractivity contribution in [3.05, 3.63) is 45.6 Å². The number of hydrogen-bond acceptors (Lipinski definition) is 8. The number of amides is 3. The fourth-order valence-electron chi connectivity index (χ4n) is 3.66. The van der Waals surface area contributed by atoms with E-state index in [0.29, 0.717) is 46.7 Å². The van der Waals surface area contributed by atoms with E-state index in [1.54, 1.807) is 36.1 Å². The van der Waals surface area contributed by atoms with Crippen LogP contribution in [0.1, 0.15) is 20.1 Å². The fourth-order valence-corrected chi connectivity index (χ4v) is 5.33.